The second-order valence-electron chi connectivity index (χ2n) is 5.07. The molecule has 126 valence electrons. The smallest absolute Gasteiger partial charge is 0.142 e. The van der Waals surface area contributed by atoms with Crippen LogP contribution in [-0.2, 0) is 4.79 Å². The summed E-state index contributed by atoms with van der Waals surface area (Å²) in [4.78, 5) is 10.2. The van der Waals surface area contributed by atoms with Crippen LogP contribution in [0.4, 0.5) is 5.69 Å². The number of nitrogens with one attached hydrogen (secondary N) is 3. The maximum Gasteiger partial charge on any atom is 0.142 e. The molecule has 0 saturated carbocycles. The van der Waals surface area contributed by atoms with Crippen LogP contribution < -0.4 is 10.6 Å². The standard InChI is InChI=1S/C14H22N4S.C3H4O/c1-16-11-6-8-18(9-7-11)19-14-5-3-4-13(17-2)12(14)10-15;1-2-3-4/h3-5,10-11,15-17H,6-9H2,1-2H3;2-3H,1H2. The van der Waals surface area contributed by atoms with Gasteiger partial charge in [-0.25, -0.2) is 4.31 Å². The number of hydrogen-bond donors (Lipinski definition) is 3. The Morgan fingerprint density at radius 1 is 1.35 bits per heavy atom. The largest absolute Gasteiger partial charge is 0.388 e. The molecule has 0 spiro atoms. The molecule has 1 saturated heterocycles. The molecule has 5 nitrogen and oxygen atoms in total. The van der Waals surface area contributed by atoms with Gasteiger partial charge < -0.3 is 16.0 Å². The molecule has 6 heteroatoms. The van der Waals surface area contributed by atoms with Gasteiger partial charge in [0.15, 0.2) is 0 Å². The fourth-order valence-corrected chi connectivity index (χ4v) is 3.44. The number of benzene rings is 1. The van der Waals surface area contributed by atoms with Crippen LogP contribution in [0, 0.1) is 5.41 Å². The normalized spacial score (nSPS) is 15.2. The van der Waals surface area contributed by atoms with Crippen molar-refractivity contribution in [2.24, 2.45) is 0 Å². The Balaban J connectivity index is 0.000000593. The van der Waals surface area contributed by atoms with E-state index in [1.807, 2.05) is 26.2 Å². The first-order valence-electron chi connectivity index (χ1n) is 7.67. The van der Waals surface area contributed by atoms with E-state index in [1.165, 1.54) is 25.1 Å². The molecule has 0 bridgehead atoms. The molecule has 1 aliphatic heterocycles. The van der Waals surface area contributed by atoms with Gasteiger partial charge >= 0.3 is 0 Å². The maximum atomic E-state index is 9.06. The summed E-state index contributed by atoms with van der Waals surface area (Å²) in [5.74, 6) is 0. The molecule has 0 aliphatic carbocycles. The van der Waals surface area contributed by atoms with E-state index in [2.05, 4.69) is 27.6 Å². The Hall–Kier alpha value is -1.63. The summed E-state index contributed by atoms with van der Waals surface area (Å²) in [6.45, 7) is 5.30. The van der Waals surface area contributed by atoms with Crippen LogP contribution in [0.2, 0.25) is 0 Å². The Kier molecular flexibility index (Phi) is 9.28. The number of nitrogens with zero attached hydrogens (tertiary/aromatic N) is 1. The second kappa shape index (κ2) is 11.0. The number of aldehydes is 1. The lowest BCUT2D eigenvalue weighted by Crippen LogP contribution is -2.38. The number of rotatable bonds is 6. The van der Waals surface area contributed by atoms with Crippen molar-refractivity contribution in [2.45, 2.75) is 23.8 Å². The quantitative estimate of drug-likeness (QED) is 0.323. The highest BCUT2D eigenvalue weighted by Gasteiger charge is 2.19. The van der Waals surface area contributed by atoms with E-state index in [-0.39, 0.29) is 0 Å². The minimum absolute atomic E-state index is 0.639. The molecule has 1 aromatic rings. The van der Waals surface area contributed by atoms with Crippen LogP contribution in [-0.4, -0.2) is 50.0 Å². The van der Waals surface area contributed by atoms with E-state index in [9.17, 15) is 0 Å². The Morgan fingerprint density at radius 3 is 2.48 bits per heavy atom. The van der Waals surface area contributed by atoms with Crippen molar-refractivity contribution in [1.82, 2.24) is 9.62 Å². The molecule has 23 heavy (non-hydrogen) atoms. The molecule has 1 aromatic carbocycles. The lowest BCUT2D eigenvalue weighted by atomic mass is 10.1. The Morgan fingerprint density at radius 2 is 2.00 bits per heavy atom. The van der Waals surface area contributed by atoms with E-state index < -0.39 is 0 Å². The summed E-state index contributed by atoms with van der Waals surface area (Å²) >= 11 is 1.77. The van der Waals surface area contributed by atoms with Crippen molar-refractivity contribution in [3.05, 3.63) is 36.4 Å². The Labute approximate surface area is 143 Å². The zero-order valence-corrected chi connectivity index (χ0v) is 14.7. The summed E-state index contributed by atoms with van der Waals surface area (Å²) in [6.07, 6.45) is 5.65. The van der Waals surface area contributed by atoms with Gasteiger partial charge in [-0.1, -0.05) is 12.6 Å². The van der Waals surface area contributed by atoms with Crippen molar-refractivity contribution in [3.8, 4) is 0 Å². The topological polar surface area (TPSA) is 68.2 Å². The van der Waals surface area contributed by atoms with Gasteiger partial charge in [0, 0.05) is 48.5 Å². The van der Waals surface area contributed by atoms with E-state index in [0.717, 1.165) is 29.2 Å². The first kappa shape index (κ1) is 19.4. The number of hydrogen-bond acceptors (Lipinski definition) is 6. The van der Waals surface area contributed by atoms with Crippen molar-refractivity contribution in [3.63, 3.8) is 0 Å². The van der Waals surface area contributed by atoms with Crippen LogP contribution in [0.15, 0.2) is 35.7 Å². The predicted molar refractivity (Wildman–Crippen MR) is 99.6 cm³/mol. The molecular weight excluding hydrogens is 308 g/mol. The highest BCUT2D eigenvalue weighted by molar-refractivity contribution is 7.97. The minimum Gasteiger partial charge on any atom is -0.388 e. The first-order chi connectivity index (χ1) is 11.2. The highest BCUT2D eigenvalue weighted by Crippen LogP contribution is 2.31. The van der Waals surface area contributed by atoms with Crippen molar-refractivity contribution in [2.75, 3.05) is 32.5 Å². The van der Waals surface area contributed by atoms with Crippen molar-refractivity contribution >= 4 is 30.1 Å². The monoisotopic (exact) mass is 334 g/mol. The van der Waals surface area contributed by atoms with Gasteiger partial charge in [0.1, 0.15) is 6.29 Å². The zero-order chi connectivity index (χ0) is 17.1. The fraction of sp³-hybridized carbons (Fsp3) is 0.412. The van der Waals surface area contributed by atoms with Crippen LogP contribution in [0.1, 0.15) is 18.4 Å². The summed E-state index contributed by atoms with van der Waals surface area (Å²) in [7, 11) is 3.94. The lowest BCUT2D eigenvalue weighted by molar-refractivity contribution is -0.104. The number of carbonyl (C=O) groups excluding carboxylic acids is 1. The number of carbonyl (C=O) groups is 1. The molecule has 0 unspecified atom stereocenters. The molecule has 1 heterocycles. The van der Waals surface area contributed by atoms with E-state index in [0.29, 0.717) is 12.3 Å². The van der Waals surface area contributed by atoms with Crippen LogP contribution in [0.3, 0.4) is 0 Å². The summed E-state index contributed by atoms with van der Waals surface area (Å²) in [6, 6.07) is 6.80. The van der Waals surface area contributed by atoms with Gasteiger partial charge in [-0.15, -0.1) is 0 Å². The molecule has 3 N–H and O–H groups in total. The average Bonchev–Trinajstić information content (AvgIpc) is 2.62. The first-order valence-corrected chi connectivity index (χ1v) is 8.45. The predicted octanol–water partition coefficient (Wildman–Crippen LogP) is 2.79. The molecule has 1 aliphatic rings. The Bertz CT molecular complexity index is 507. The minimum atomic E-state index is 0.639. The fourth-order valence-electron chi connectivity index (χ4n) is 2.37. The van der Waals surface area contributed by atoms with Gasteiger partial charge in [-0.3, -0.25) is 4.79 Å². The maximum absolute atomic E-state index is 9.06. The van der Waals surface area contributed by atoms with E-state index in [1.54, 1.807) is 11.9 Å². The molecule has 1 fully saturated rings. The van der Waals surface area contributed by atoms with Crippen LogP contribution in [0.5, 0.6) is 0 Å². The van der Waals surface area contributed by atoms with Gasteiger partial charge in [-0.2, -0.15) is 0 Å². The molecule has 2 rings (SSSR count). The summed E-state index contributed by atoms with van der Waals surface area (Å²) in [5, 5.41) is 14.1. The van der Waals surface area contributed by atoms with Crippen LogP contribution in [0.25, 0.3) is 0 Å². The average molecular weight is 334 g/mol. The third-order valence-corrected chi connectivity index (χ3v) is 4.84. The van der Waals surface area contributed by atoms with Gasteiger partial charge in [0.2, 0.25) is 0 Å². The number of anilines is 1. The summed E-state index contributed by atoms with van der Waals surface area (Å²) < 4.78 is 2.40. The third kappa shape index (κ3) is 6.17. The summed E-state index contributed by atoms with van der Waals surface area (Å²) in [5.41, 5.74) is 2.00. The lowest BCUT2D eigenvalue weighted by Gasteiger charge is -2.31. The molecule has 0 amide bonds. The SMILES string of the molecule is C=CC=O.CNc1cccc(SN2CCC(NC)CC2)c1C=N. The highest BCUT2D eigenvalue weighted by atomic mass is 32.2. The van der Waals surface area contributed by atoms with Crippen molar-refractivity contribution < 1.29 is 4.79 Å². The molecule has 0 radical (unpaired) electrons. The van der Waals surface area contributed by atoms with E-state index in [4.69, 9.17) is 10.2 Å². The second-order valence-corrected chi connectivity index (χ2v) is 6.21. The van der Waals surface area contributed by atoms with Crippen molar-refractivity contribution in [1.29, 1.82) is 5.41 Å². The molecule has 0 atom stereocenters. The zero-order valence-electron chi connectivity index (χ0n) is 13.8. The third-order valence-electron chi connectivity index (χ3n) is 3.67. The van der Waals surface area contributed by atoms with Crippen LogP contribution >= 0.6 is 11.9 Å². The molecule has 0 aromatic heterocycles. The number of allylic oxidation sites excluding steroid dienone is 1. The van der Waals surface area contributed by atoms with E-state index >= 15 is 0 Å². The molecular formula is C17H26N4OS. The van der Waals surface area contributed by atoms with Gasteiger partial charge in [0.25, 0.3) is 0 Å². The van der Waals surface area contributed by atoms with Gasteiger partial charge in [-0.05, 0) is 50.0 Å². The number of piperidine rings is 1. The van der Waals surface area contributed by atoms with Gasteiger partial charge in [0.05, 0.1) is 0 Å².